The van der Waals surface area contributed by atoms with Crippen LogP contribution in [0.2, 0.25) is 0 Å². The second kappa shape index (κ2) is 12.2. The lowest BCUT2D eigenvalue weighted by atomic mass is 9.90. The summed E-state index contributed by atoms with van der Waals surface area (Å²) >= 11 is 0. The van der Waals surface area contributed by atoms with Gasteiger partial charge in [0.2, 0.25) is 6.34 Å². The summed E-state index contributed by atoms with van der Waals surface area (Å²) < 4.78 is 27.2. The molecule has 0 saturated heterocycles. The molecule has 0 fully saturated rings. The Hall–Kier alpha value is -5.42. The molecule has 6 nitrogen and oxygen atoms in total. The van der Waals surface area contributed by atoms with Crippen LogP contribution in [0.15, 0.2) is 140 Å². The fraction of sp³-hybridized carbons (Fsp3) is 0.119. The lowest BCUT2D eigenvalue weighted by Gasteiger charge is -2.26. The quantitative estimate of drug-likeness (QED) is 0.147. The van der Waals surface area contributed by atoms with E-state index in [0.717, 1.165) is 16.8 Å². The molecule has 2 heterocycles. The number of phosphoric ester groups is 1. The maximum absolute atomic E-state index is 13.3. The molecule has 242 valence electrons. The Balaban J connectivity index is 1.39. The van der Waals surface area contributed by atoms with Gasteiger partial charge in [-0.15, -0.1) is 0 Å². The van der Waals surface area contributed by atoms with Gasteiger partial charge in [0.25, 0.3) is 0 Å². The number of fused-ring (bicyclic) bond motifs is 3. The smallest absolute Gasteiger partial charge is 0.395 e. The maximum Gasteiger partial charge on any atom is 0.584 e. The highest BCUT2D eigenvalue weighted by Crippen LogP contribution is 2.57. The van der Waals surface area contributed by atoms with Gasteiger partial charge in [0.15, 0.2) is 12.1 Å². The zero-order valence-corrected chi connectivity index (χ0v) is 28.4. The molecule has 1 unspecified atom stereocenters. The van der Waals surface area contributed by atoms with E-state index in [1.807, 2.05) is 54.6 Å². The summed E-state index contributed by atoms with van der Waals surface area (Å²) in [6.45, 7) is 6.51. The molecule has 3 atom stereocenters. The molecule has 8 rings (SSSR count). The molecule has 0 aromatic heterocycles. The number of para-hydroxylation sites is 3. The molecule has 0 spiro atoms. The lowest BCUT2D eigenvalue weighted by Crippen LogP contribution is -2.26. The van der Waals surface area contributed by atoms with Crippen LogP contribution < -0.4 is 13.9 Å². The van der Waals surface area contributed by atoms with Crippen LogP contribution in [0.3, 0.4) is 0 Å². The molecule has 1 N–H and O–H groups in total. The standard InChI is InChI=1S/C42H35N2O4P/c1-28-25-29(2)39(30(3)26-28)44-27-43(40(31-15-6-4-7-16-31)41(44)32-17-8-5-9-18-32)37-23-12-10-19-33(37)35-21-14-22-36-34-20-11-13-24-38(34)47-49(45,46)48-42(35)36/h4-27,40-41H,1-3H3/p+1/t40-,41-/m0/s1. The van der Waals surface area contributed by atoms with Crippen LogP contribution >= 0.6 is 7.82 Å². The van der Waals surface area contributed by atoms with Crippen molar-refractivity contribution in [1.82, 2.24) is 0 Å². The zero-order valence-electron chi connectivity index (χ0n) is 27.5. The number of rotatable bonds is 5. The molecule has 0 amide bonds. The van der Waals surface area contributed by atoms with E-state index in [4.69, 9.17) is 9.05 Å². The Morgan fingerprint density at radius 2 is 1.18 bits per heavy atom. The van der Waals surface area contributed by atoms with Gasteiger partial charge in [0.1, 0.15) is 22.9 Å². The molecule has 0 saturated carbocycles. The van der Waals surface area contributed by atoms with E-state index in [2.05, 4.69) is 109 Å². The van der Waals surface area contributed by atoms with Crippen molar-refractivity contribution in [2.24, 2.45) is 0 Å². The molecule has 6 aromatic rings. The van der Waals surface area contributed by atoms with Gasteiger partial charge in [0.05, 0.1) is 0 Å². The molecule has 0 aliphatic carbocycles. The normalized spacial score (nSPS) is 19.6. The Kier molecular flexibility index (Phi) is 7.71. The van der Waals surface area contributed by atoms with Crippen molar-refractivity contribution < 1.29 is 23.1 Å². The zero-order chi connectivity index (χ0) is 33.7. The van der Waals surface area contributed by atoms with Crippen LogP contribution in [0.1, 0.15) is 39.9 Å². The van der Waals surface area contributed by atoms with E-state index in [1.165, 1.54) is 27.9 Å². The summed E-state index contributed by atoms with van der Waals surface area (Å²) in [7, 11) is -4.49. The molecule has 49 heavy (non-hydrogen) atoms. The first kappa shape index (κ1) is 30.9. The topological polar surface area (TPSA) is 62.0 Å². The van der Waals surface area contributed by atoms with Gasteiger partial charge in [-0.25, -0.2) is 14.0 Å². The van der Waals surface area contributed by atoms with E-state index in [0.29, 0.717) is 28.2 Å². The minimum atomic E-state index is -4.49. The number of aryl methyl sites for hydroxylation is 3. The SMILES string of the molecule is Cc1cc(C)c([N+]2=CN(c3ccccc3-c3cccc4c3OP(=O)(O)Oc3ccccc3-4)[C@@H](c3ccccc3)[C@@H]2c2ccccc2)c(C)c1. The minimum absolute atomic E-state index is 0.0705. The summed E-state index contributed by atoms with van der Waals surface area (Å²) in [6.07, 6.45) is 2.23. The summed E-state index contributed by atoms with van der Waals surface area (Å²) in [5.74, 6) is 0.614. The average Bonchev–Trinajstić information content (AvgIpc) is 3.43. The van der Waals surface area contributed by atoms with Crippen LogP contribution in [0.5, 0.6) is 11.5 Å². The number of benzene rings is 6. The highest BCUT2D eigenvalue weighted by molar-refractivity contribution is 7.48. The molecule has 6 aromatic carbocycles. The van der Waals surface area contributed by atoms with Gasteiger partial charge in [-0.05, 0) is 50.1 Å². The Morgan fingerprint density at radius 1 is 0.633 bits per heavy atom. The fourth-order valence-electron chi connectivity index (χ4n) is 7.57. The molecule has 0 bridgehead atoms. The molecular formula is C42H36N2O4P+. The van der Waals surface area contributed by atoms with Gasteiger partial charge in [-0.3, -0.25) is 4.89 Å². The van der Waals surface area contributed by atoms with Crippen LogP contribution in [0, 0.1) is 20.8 Å². The second-order valence-corrected chi connectivity index (χ2v) is 14.0. The summed E-state index contributed by atoms with van der Waals surface area (Å²) in [5.41, 5.74) is 11.0. The minimum Gasteiger partial charge on any atom is -0.395 e. The number of nitrogens with zero attached hydrogens (tertiary/aromatic N) is 2. The van der Waals surface area contributed by atoms with Crippen LogP contribution in [0.25, 0.3) is 22.3 Å². The summed E-state index contributed by atoms with van der Waals surface area (Å²) in [5, 5.41) is 0. The number of hydrogen-bond acceptors (Lipinski definition) is 4. The van der Waals surface area contributed by atoms with Crippen molar-refractivity contribution in [2.45, 2.75) is 32.9 Å². The number of phosphoric acid groups is 1. The van der Waals surface area contributed by atoms with Gasteiger partial charge < -0.3 is 9.05 Å². The molecule has 0 radical (unpaired) electrons. The van der Waals surface area contributed by atoms with E-state index in [-0.39, 0.29) is 12.1 Å². The first-order valence-corrected chi connectivity index (χ1v) is 17.9. The van der Waals surface area contributed by atoms with Crippen molar-refractivity contribution in [2.75, 3.05) is 4.90 Å². The summed E-state index contributed by atoms with van der Waals surface area (Å²) in [6, 6.07) is 46.8. The predicted molar refractivity (Wildman–Crippen MR) is 196 cm³/mol. The summed E-state index contributed by atoms with van der Waals surface area (Å²) in [4.78, 5) is 13.2. The largest absolute Gasteiger partial charge is 0.584 e. The molecular weight excluding hydrogens is 627 g/mol. The average molecular weight is 664 g/mol. The van der Waals surface area contributed by atoms with Crippen LogP contribution in [-0.4, -0.2) is 15.8 Å². The van der Waals surface area contributed by atoms with Crippen LogP contribution in [0.4, 0.5) is 11.4 Å². The second-order valence-electron chi connectivity index (χ2n) is 12.7. The lowest BCUT2D eigenvalue weighted by molar-refractivity contribution is -0.482. The van der Waals surface area contributed by atoms with Crippen molar-refractivity contribution in [1.29, 1.82) is 0 Å². The predicted octanol–water partition coefficient (Wildman–Crippen LogP) is 10.5. The number of anilines is 1. The third-order valence-electron chi connectivity index (χ3n) is 9.41. The fourth-order valence-corrected chi connectivity index (χ4v) is 8.44. The monoisotopic (exact) mass is 663 g/mol. The van der Waals surface area contributed by atoms with Gasteiger partial charge >= 0.3 is 7.82 Å². The highest BCUT2D eigenvalue weighted by atomic mass is 31.2. The van der Waals surface area contributed by atoms with E-state index < -0.39 is 7.82 Å². The first-order chi connectivity index (χ1) is 23.8. The van der Waals surface area contributed by atoms with Crippen molar-refractivity contribution in [3.63, 3.8) is 0 Å². The first-order valence-electron chi connectivity index (χ1n) is 16.4. The van der Waals surface area contributed by atoms with Crippen molar-refractivity contribution in [3.8, 4) is 33.8 Å². The third-order valence-corrected chi connectivity index (χ3v) is 10.2. The van der Waals surface area contributed by atoms with Crippen molar-refractivity contribution >= 4 is 25.5 Å². The van der Waals surface area contributed by atoms with Crippen LogP contribution in [-0.2, 0) is 4.57 Å². The third kappa shape index (κ3) is 5.53. The van der Waals surface area contributed by atoms with E-state index >= 15 is 0 Å². The Morgan fingerprint density at radius 3 is 1.88 bits per heavy atom. The number of hydrogen-bond donors (Lipinski definition) is 1. The Labute approximate surface area is 286 Å². The molecule has 2 aliphatic heterocycles. The van der Waals surface area contributed by atoms with Crippen molar-refractivity contribution in [3.05, 3.63) is 167 Å². The molecule has 7 heteroatoms. The van der Waals surface area contributed by atoms with E-state index in [9.17, 15) is 9.46 Å². The van der Waals surface area contributed by atoms with Gasteiger partial charge in [0, 0.05) is 33.4 Å². The van der Waals surface area contributed by atoms with Gasteiger partial charge in [-0.2, -0.15) is 0 Å². The highest BCUT2D eigenvalue weighted by Gasteiger charge is 2.47. The maximum atomic E-state index is 13.3. The van der Waals surface area contributed by atoms with Gasteiger partial charge in [-0.1, -0.05) is 127 Å². The van der Waals surface area contributed by atoms with E-state index in [1.54, 1.807) is 12.1 Å². The Bertz CT molecular complexity index is 2260. The molecule has 2 aliphatic rings.